The lowest BCUT2D eigenvalue weighted by molar-refractivity contribution is 0.280. The van der Waals surface area contributed by atoms with Gasteiger partial charge in [-0.05, 0) is 44.1 Å². The third-order valence-corrected chi connectivity index (χ3v) is 5.11. The molecule has 114 valence electrons. The molecule has 2 unspecified atom stereocenters. The van der Waals surface area contributed by atoms with Gasteiger partial charge in [-0.2, -0.15) is 4.98 Å². The number of anilines is 2. The molecule has 1 aliphatic rings. The fraction of sp³-hybridized carbons (Fsp3) is 0.600. The van der Waals surface area contributed by atoms with Gasteiger partial charge in [-0.3, -0.25) is 5.43 Å². The third kappa shape index (κ3) is 3.11. The molecule has 2 heterocycles. The van der Waals surface area contributed by atoms with E-state index in [2.05, 4.69) is 47.5 Å². The molecule has 21 heavy (non-hydrogen) atoms. The summed E-state index contributed by atoms with van der Waals surface area (Å²) in [7, 11) is 0. The summed E-state index contributed by atoms with van der Waals surface area (Å²) in [5, 5.41) is 4.73. The molecule has 1 saturated carbocycles. The zero-order valence-corrected chi connectivity index (χ0v) is 13.6. The monoisotopic (exact) mass is 305 g/mol. The molecule has 0 spiro atoms. The highest BCUT2D eigenvalue weighted by Crippen LogP contribution is 2.34. The number of nitrogen functional groups attached to an aromatic ring is 1. The van der Waals surface area contributed by atoms with Crippen molar-refractivity contribution in [1.82, 2.24) is 9.97 Å². The molecule has 4 N–H and O–H groups in total. The van der Waals surface area contributed by atoms with Crippen molar-refractivity contribution in [2.45, 2.75) is 46.1 Å². The second-order valence-corrected chi connectivity index (χ2v) is 7.61. The maximum atomic E-state index is 5.50. The van der Waals surface area contributed by atoms with Crippen molar-refractivity contribution in [3.63, 3.8) is 0 Å². The summed E-state index contributed by atoms with van der Waals surface area (Å²) in [5.74, 6) is 8.41. The maximum Gasteiger partial charge on any atom is 0.240 e. The molecule has 2 aromatic heterocycles. The van der Waals surface area contributed by atoms with E-state index < -0.39 is 0 Å². The van der Waals surface area contributed by atoms with Crippen molar-refractivity contribution in [1.29, 1.82) is 0 Å². The number of aromatic nitrogens is 2. The van der Waals surface area contributed by atoms with Crippen LogP contribution in [0.5, 0.6) is 0 Å². The number of rotatable bonds is 3. The van der Waals surface area contributed by atoms with Crippen LogP contribution < -0.4 is 16.6 Å². The molecule has 1 aliphatic carbocycles. The van der Waals surface area contributed by atoms with Gasteiger partial charge in [-0.1, -0.05) is 13.8 Å². The van der Waals surface area contributed by atoms with Gasteiger partial charge in [-0.15, -0.1) is 11.3 Å². The molecule has 0 bridgehead atoms. The Balaban J connectivity index is 1.91. The number of aryl methyl sites for hydroxylation is 1. The van der Waals surface area contributed by atoms with Crippen molar-refractivity contribution >= 4 is 33.3 Å². The highest BCUT2D eigenvalue weighted by atomic mass is 32.1. The fourth-order valence-corrected chi connectivity index (χ4v) is 4.35. The minimum atomic E-state index is 0.476. The number of thiophene rings is 1. The number of hydrazine groups is 1. The first-order chi connectivity index (χ1) is 10.0. The van der Waals surface area contributed by atoms with E-state index in [1.807, 2.05) is 0 Å². The van der Waals surface area contributed by atoms with E-state index in [0.29, 0.717) is 12.0 Å². The van der Waals surface area contributed by atoms with E-state index in [1.165, 1.54) is 24.1 Å². The SMILES string of the molecule is Cc1cc2c(NC3CC(C)CC(C)C3)nc(NN)nc2s1. The summed E-state index contributed by atoms with van der Waals surface area (Å²) in [6, 6.07) is 2.63. The largest absolute Gasteiger partial charge is 0.367 e. The number of hydrogen-bond donors (Lipinski definition) is 3. The smallest absolute Gasteiger partial charge is 0.240 e. The first kappa shape index (κ1) is 14.5. The minimum Gasteiger partial charge on any atom is -0.367 e. The lowest BCUT2D eigenvalue weighted by atomic mass is 9.80. The average Bonchev–Trinajstić information content (AvgIpc) is 2.78. The normalized spacial score (nSPS) is 26.0. The van der Waals surface area contributed by atoms with E-state index in [4.69, 9.17) is 5.84 Å². The highest BCUT2D eigenvalue weighted by Gasteiger charge is 2.25. The predicted octanol–water partition coefficient (Wildman–Crippen LogP) is 3.52. The molecule has 1 fully saturated rings. The molecule has 5 nitrogen and oxygen atoms in total. The summed E-state index contributed by atoms with van der Waals surface area (Å²) in [6.07, 6.45) is 3.72. The van der Waals surface area contributed by atoms with Crippen molar-refractivity contribution in [2.24, 2.45) is 17.7 Å². The van der Waals surface area contributed by atoms with Crippen LogP contribution in [0.2, 0.25) is 0 Å². The summed E-state index contributed by atoms with van der Waals surface area (Å²) < 4.78 is 0. The van der Waals surface area contributed by atoms with Crippen LogP contribution in [0.25, 0.3) is 10.2 Å². The van der Waals surface area contributed by atoms with Gasteiger partial charge in [0.15, 0.2) is 0 Å². The van der Waals surface area contributed by atoms with Crippen LogP contribution in [0, 0.1) is 18.8 Å². The Morgan fingerprint density at radius 1 is 1.19 bits per heavy atom. The topological polar surface area (TPSA) is 75.9 Å². The van der Waals surface area contributed by atoms with Gasteiger partial charge >= 0.3 is 0 Å². The first-order valence-corrected chi connectivity index (χ1v) is 8.38. The van der Waals surface area contributed by atoms with E-state index in [-0.39, 0.29) is 0 Å². The van der Waals surface area contributed by atoms with Gasteiger partial charge in [0.05, 0.1) is 5.39 Å². The summed E-state index contributed by atoms with van der Waals surface area (Å²) >= 11 is 1.67. The van der Waals surface area contributed by atoms with Crippen molar-refractivity contribution in [3.05, 3.63) is 10.9 Å². The highest BCUT2D eigenvalue weighted by molar-refractivity contribution is 7.18. The lowest BCUT2D eigenvalue weighted by Crippen LogP contribution is -2.30. The molecular formula is C15H23N5S. The van der Waals surface area contributed by atoms with Gasteiger partial charge < -0.3 is 5.32 Å². The molecule has 2 aromatic rings. The Hall–Kier alpha value is -1.40. The van der Waals surface area contributed by atoms with Crippen LogP contribution in [0.3, 0.4) is 0 Å². The number of nitrogens with two attached hydrogens (primary N) is 1. The Bertz CT molecular complexity index is 628. The summed E-state index contributed by atoms with van der Waals surface area (Å²) in [4.78, 5) is 11.2. The van der Waals surface area contributed by atoms with Crippen molar-refractivity contribution in [2.75, 3.05) is 10.7 Å². The van der Waals surface area contributed by atoms with E-state index in [0.717, 1.165) is 27.9 Å². The Kier molecular flexibility index (Phi) is 3.99. The Labute approximate surface area is 129 Å². The second-order valence-electron chi connectivity index (χ2n) is 6.37. The van der Waals surface area contributed by atoms with E-state index in [9.17, 15) is 0 Å². The summed E-state index contributed by atoms with van der Waals surface area (Å²) in [6.45, 7) is 6.76. The third-order valence-electron chi connectivity index (χ3n) is 4.16. The average molecular weight is 305 g/mol. The number of nitrogens with zero attached hydrogens (tertiary/aromatic N) is 2. The predicted molar refractivity (Wildman–Crippen MR) is 89.6 cm³/mol. The van der Waals surface area contributed by atoms with E-state index in [1.54, 1.807) is 11.3 Å². The minimum absolute atomic E-state index is 0.476. The van der Waals surface area contributed by atoms with Crippen LogP contribution in [-0.4, -0.2) is 16.0 Å². The molecule has 0 aromatic carbocycles. The zero-order valence-electron chi connectivity index (χ0n) is 12.8. The van der Waals surface area contributed by atoms with Crippen LogP contribution in [0.1, 0.15) is 38.0 Å². The van der Waals surface area contributed by atoms with E-state index >= 15 is 0 Å². The Morgan fingerprint density at radius 2 is 1.90 bits per heavy atom. The molecule has 0 saturated heterocycles. The van der Waals surface area contributed by atoms with Crippen molar-refractivity contribution < 1.29 is 0 Å². The Morgan fingerprint density at radius 3 is 2.57 bits per heavy atom. The van der Waals surface area contributed by atoms with Gasteiger partial charge in [0.2, 0.25) is 5.95 Å². The van der Waals surface area contributed by atoms with Crippen LogP contribution >= 0.6 is 11.3 Å². The van der Waals surface area contributed by atoms with Crippen molar-refractivity contribution in [3.8, 4) is 0 Å². The molecule has 0 aliphatic heterocycles. The molecule has 0 amide bonds. The maximum absolute atomic E-state index is 5.50. The van der Waals surface area contributed by atoms with Gasteiger partial charge in [0.25, 0.3) is 0 Å². The summed E-state index contributed by atoms with van der Waals surface area (Å²) in [5.41, 5.74) is 2.57. The molecule has 2 atom stereocenters. The fourth-order valence-electron chi connectivity index (χ4n) is 3.47. The number of nitrogens with one attached hydrogen (secondary N) is 2. The van der Waals surface area contributed by atoms with Crippen LogP contribution in [0.4, 0.5) is 11.8 Å². The number of fused-ring (bicyclic) bond motifs is 1. The molecular weight excluding hydrogens is 282 g/mol. The van der Waals surface area contributed by atoms with Gasteiger partial charge in [-0.25, -0.2) is 10.8 Å². The lowest BCUT2D eigenvalue weighted by Gasteiger charge is -2.32. The van der Waals surface area contributed by atoms with Gasteiger partial charge in [0.1, 0.15) is 10.6 Å². The standard InChI is InChI=1S/C15H23N5S/c1-8-4-9(2)6-11(5-8)17-13-12-7-10(3)21-14(12)19-15(18-13)20-16/h7-9,11H,4-6,16H2,1-3H3,(H2,17,18,19,20). The molecule has 0 radical (unpaired) electrons. The zero-order chi connectivity index (χ0) is 15.0. The van der Waals surface area contributed by atoms with Crippen LogP contribution in [-0.2, 0) is 0 Å². The number of hydrogen-bond acceptors (Lipinski definition) is 6. The quantitative estimate of drug-likeness (QED) is 0.597. The molecule has 6 heteroatoms. The van der Waals surface area contributed by atoms with Gasteiger partial charge in [0, 0.05) is 10.9 Å². The molecule has 3 rings (SSSR count). The second kappa shape index (κ2) is 5.77. The first-order valence-electron chi connectivity index (χ1n) is 7.56. The van der Waals surface area contributed by atoms with Crippen LogP contribution in [0.15, 0.2) is 6.07 Å².